The monoisotopic (exact) mass is 265 g/mol. The van der Waals surface area contributed by atoms with Crippen LogP contribution in [0.5, 0.6) is 0 Å². The molecule has 0 aliphatic carbocycles. The molecule has 2 rings (SSSR count). The molecule has 0 bridgehead atoms. The fourth-order valence-electron chi connectivity index (χ4n) is 2.91. The Morgan fingerprint density at radius 2 is 1.94 bits per heavy atom. The summed E-state index contributed by atoms with van der Waals surface area (Å²) in [5.41, 5.74) is 0. The van der Waals surface area contributed by atoms with Gasteiger partial charge < -0.3 is 10.2 Å². The van der Waals surface area contributed by atoms with E-state index in [0.717, 1.165) is 32.5 Å². The normalized spacial score (nSPS) is 31.3. The van der Waals surface area contributed by atoms with Gasteiger partial charge in [0.2, 0.25) is 0 Å². The first-order valence-electron chi connectivity index (χ1n) is 6.63. The molecule has 2 atom stereocenters. The van der Waals surface area contributed by atoms with Gasteiger partial charge in [-0.25, -0.2) is 0 Å². The highest BCUT2D eigenvalue weighted by atomic mass is 19.4. The maximum Gasteiger partial charge on any atom is 0.401 e. The van der Waals surface area contributed by atoms with Crippen LogP contribution in [0, 0.1) is 5.92 Å². The molecular formula is C12H22F3N3. The van der Waals surface area contributed by atoms with Crippen LogP contribution in [0.1, 0.15) is 12.8 Å². The van der Waals surface area contributed by atoms with Crippen LogP contribution in [0.25, 0.3) is 0 Å². The van der Waals surface area contributed by atoms with Gasteiger partial charge in [-0.1, -0.05) is 0 Å². The first-order valence-corrected chi connectivity index (χ1v) is 6.63. The smallest absolute Gasteiger partial charge is 0.312 e. The van der Waals surface area contributed by atoms with Gasteiger partial charge in [0.25, 0.3) is 0 Å². The summed E-state index contributed by atoms with van der Waals surface area (Å²) in [6, 6.07) is 0.520. The highest BCUT2D eigenvalue weighted by Crippen LogP contribution is 2.22. The Bertz CT molecular complexity index is 270. The van der Waals surface area contributed by atoms with Crippen molar-refractivity contribution in [3.8, 4) is 0 Å². The molecule has 0 aromatic heterocycles. The van der Waals surface area contributed by atoms with Crippen molar-refractivity contribution in [2.45, 2.75) is 25.1 Å². The van der Waals surface area contributed by atoms with Crippen molar-refractivity contribution in [2.75, 3.05) is 46.3 Å². The summed E-state index contributed by atoms with van der Waals surface area (Å²) in [5.74, 6) is 0.373. The Hall–Kier alpha value is -0.330. The molecule has 2 aliphatic heterocycles. The minimum absolute atomic E-state index is 0.373. The van der Waals surface area contributed by atoms with Crippen molar-refractivity contribution in [3.05, 3.63) is 0 Å². The molecule has 106 valence electrons. The Kier molecular flexibility index (Phi) is 4.50. The first kappa shape index (κ1) is 14.1. The van der Waals surface area contributed by atoms with Crippen LogP contribution in [-0.2, 0) is 0 Å². The summed E-state index contributed by atoms with van der Waals surface area (Å²) in [6.07, 6.45) is -2.03. The lowest BCUT2D eigenvalue weighted by Crippen LogP contribution is -2.37. The molecule has 18 heavy (non-hydrogen) atoms. The summed E-state index contributed by atoms with van der Waals surface area (Å²) < 4.78 is 36.7. The van der Waals surface area contributed by atoms with Gasteiger partial charge in [-0.05, 0) is 45.4 Å². The van der Waals surface area contributed by atoms with E-state index in [1.54, 1.807) is 0 Å². The number of nitrogens with one attached hydrogen (secondary N) is 1. The molecule has 0 aromatic carbocycles. The van der Waals surface area contributed by atoms with E-state index in [0.29, 0.717) is 25.0 Å². The van der Waals surface area contributed by atoms with E-state index < -0.39 is 12.7 Å². The van der Waals surface area contributed by atoms with Gasteiger partial charge in [0, 0.05) is 19.1 Å². The van der Waals surface area contributed by atoms with Crippen LogP contribution in [0.2, 0.25) is 0 Å². The Balaban J connectivity index is 1.64. The van der Waals surface area contributed by atoms with Gasteiger partial charge in [-0.2, -0.15) is 13.2 Å². The van der Waals surface area contributed by atoms with E-state index in [2.05, 4.69) is 17.3 Å². The second-order valence-electron chi connectivity index (χ2n) is 5.66. The molecule has 0 amide bonds. The number of rotatable bonds is 4. The fourth-order valence-corrected chi connectivity index (χ4v) is 2.91. The van der Waals surface area contributed by atoms with Crippen LogP contribution in [0.4, 0.5) is 13.2 Å². The van der Waals surface area contributed by atoms with Crippen LogP contribution in [-0.4, -0.2) is 68.3 Å². The topological polar surface area (TPSA) is 18.5 Å². The number of hydrogen-bond donors (Lipinski definition) is 1. The predicted molar refractivity (Wildman–Crippen MR) is 64.5 cm³/mol. The number of halogens is 3. The second kappa shape index (κ2) is 5.75. The number of likely N-dealkylation sites (tertiary alicyclic amines) is 2. The number of alkyl halides is 3. The lowest BCUT2D eigenvalue weighted by Gasteiger charge is -2.19. The second-order valence-corrected chi connectivity index (χ2v) is 5.66. The van der Waals surface area contributed by atoms with Gasteiger partial charge in [-0.3, -0.25) is 4.90 Å². The van der Waals surface area contributed by atoms with E-state index in [1.807, 2.05) is 0 Å². The lowest BCUT2D eigenvalue weighted by atomic mass is 10.1. The van der Waals surface area contributed by atoms with E-state index in [9.17, 15) is 13.2 Å². The van der Waals surface area contributed by atoms with Crippen molar-refractivity contribution in [1.29, 1.82) is 0 Å². The van der Waals surface area contributed by atoms with Crippen LogP contribution in [0.3, 0.4) is 0 Å². The number of likely N-dealkylation sites (N-methyl/N-ethyl adjacent to an activating group) is 1. The molecular weight excluding hydrogens is 243 g/mol. The van der Waals surface area contributed by atoms with Gasteiger partial charge in [0.05, 0.1) is 6.54 Å². The molecule has 3 nitrogen and oxygen atoms in total. The van der Waals surface area contributed by atoms with Crippen molar-refractivity contribution in [1.82, 2.24) is 15.1 Å². The highest BCUT2D eigenvalue weighted by Gasteiger charge is 2.34. The van der Waals surface area contributed by atoms with Crippen LogP contribution < -0.4 is 5.32 Å². The summed E-state index contributed by atoms with van der Waals surface area (Å²) in [6.45, 7) is 3.43. The van der Waals surface area contributed by atoms with Crippen molar-refractivity contribution in [2.24, 2.45) is 5.92 Å². The maximum atomic E-state index is 12.2. The van der Waals surface area contributed by atoms with Gasteiger partial charge >= 0.3 is 6.18 Å². The van der Waals surface area contributed by atoms with Crippen molar-refractivity contribution in [3.63, 3.8) is 0 Å². The molecule has 0 aromatic rings. The SMILES string of the molecule is CN1CCC(NCC2CCN(CC(F)(F)F)C2)C1. The average molecular weight is 265 g/mol. The zero-order chi connectivity index (χ0) is 13.2. The molecule has 0 radical (unpaired) electrons. The number of hydrogen-bond acceptors (Lipinski definition) is 3. The van der Waals surface area contributed by atoms with Crippen molar-refractivity contribution >= 4 is 0 Å². The number of nitrogens with zero attached hydrogens (tertiary/aromatic N) is 2. The zero-order valence-corrected chi connectivity index (χ0v) is 10.8. The van der Waals surface area contributed by atoms with Gasteiger partial charge in [-0.15, -0.1) is 0 Å². The van der Waals surface area contributed by atoms with E-state index >= 15 is 0 Å². The maximum absolute atomic E-state index is 12.2. The van der Waals surface area contributed by atoms with E-state index in [-0.39, 0.29) is 0 Å². The molecule has 6 heteroatoms. The largest absolute Gasteiger partial charge is 0.401 e. The molecule has 2 saturated heterocycles. The quantitative estimate of drug-likeness (QED) is 0.823. The van der Waals surface area contributed by atoms with E-state index in [1.165, 1.54) is 4.90 Å². The zero-order valence-electron chi connectivity index (χ0n) is 10.8. The van der Waals surface area contributed by atoms with Crippen LogP contribution in [0.15, 0.2) is 0 Å². The summed E-state index contributed by atoms with van der Waals surface area (Å²) in [7, 11) is 2.10. The third kappa shape index (κ3) is 4.40. The molecule has 1 N–H and O–H groups in total. The van der Waals surface area contributed by atoms with Crippen LogP contribution >= 0.6 is 0 Å². The fraction of sp³-hybridized carbons (Fsp3) is 1.00. The average Bonchev–Trinajstić information content (AvgIpc) is 2.82. The molecule has 2 heterocycles. The minimum atomic E-state index is -4.06. The summed E-state index contributed by atoms with van der Waals surface area (Å²) >= 11 is 0. The Labute approximate surface area is 106 Å². The third-order valence-electron chi connectivity index (χ3n) is 3.86. The third-order valence-corrected chi connectivity index (χ3v) is 3.86. The summed E-state index contributed by atoms with van der Waals surface area (Å²) in [5, 5.41) is 3.49. The molecule has 2 fully saturated rings. The Morgan fingerprint density at radius 3 is 2.56 bits per heavy atom. The molecule has 0 spiro atoms. The lowest BCUT2D eigenvalue weighted by molar-refractivity contribution is -0.143. The summed E-state index contributed by atoms with van der Waals surface area (Å²) in [4.78, 5) is 3.80. The van der Waals surface area contributed by atoms with Gasteiger partial charge in [0.1, 0.15) is 0 Å². The van der Waals surface area contributed by atoms with E-state index in [4.69, 9.17) is 0 Å². The van der Waals surface area contributed by atoms with Crippen molar-refractivity contribution < 1.29 is 13.2 Å². The standard InChI is InChI=1S/C12H22F3N3/c1-17-4-3-11(8-17)16-6-10-2-5-18(7-10)9-12(13,14)15/h10-11,16H,2-9H2,1H3. The Morgan fingerprint density at radius 1 is 1.17 bits per heavy atom. The molecule has 2 aliphatic rings. The first-order chi connectivity index (χ1) is 8.42. The highest BCUT2D eigenvalue weighted by molar-refractivity contribution is 4.83. The minimum Gasteiger partial charge on any atom is -0.312 e. The van der Waals surface area contributed by atoms with Gasteiger partial charge in [0.15, 0.2) is 0 Å². The predicted octanol–water partition coefficient (Wildman–Crippen LogP) is 1.16. The molecule has 2 unspecified atom stereocenters. The molecule has 0 saturated carbocycles.